The molecule has 1 aromatic heterocycles. The number of methoxy groups -OCH3 is 3. The third kappa shape index (κ3) is 3.43. The third-order valence-electron chi connectivity index (χ3n) is 2.19. The van der Waals surface area contributed by atoms with E-state index < -0.39 is 6.29 Å². The van der Waals surface area contributed by atoms with Gasteiger partial charge in [-0.1, -0.05) is 0 Å². The lowest BCUT2D eigenvalue weighted by Crippen LogP contribution is -2.34. The summed E-state index contributed by atoms with van der Waals surface area (Å²) in [5, 5.41) is 6.66. The summed E-state index contributed by atoms with van der Waals surface area (Å²) in [6, 6.07) is 0. The molecule has 0 aromatic carbocycles. The van der Waals surface area contributed by atoms with E-state index in [1.165, 1.54) is 26.0 Å². The van der Waals surface area contributed by atoms with Crippen LogP contribution < -0.4 is 10.1 Å². The Morgan fingerprint density at radius 3 is 2.65 bits per heavy atom. The van der Waals surface area contributed by atoms with E-state index in [4.69, 9.17) is 14.2 Å². The van der Waals surface area contributed by atoms with Crippen LogP contribution in [0.4, 0.5) is 0 Å². The van der Waals surface area contributed by atoms with Gasteiger partial charge in [-0.3, -0.25) is 9.48 Å². The topological polar surface area (TPSA) is 74.6 Å². The molecule has 0 radical (unpaired) electrons. The van der Waals surface area contributed by atoms with Gasteiger partial charge in [-0.25, -0.2) is 0 Å². The molecule has 7 heteroatoms. The molecule has 7 nitrogen and oxygen atoms in total. The zero-order chi connectivity index (χ0) is 12.8. The first kappa shape index (κ1) is 13.5. The SMILES string of the molecule is COc1nn(C)cc1C(=O)NCC(OC)OC. The van der Waals surface area contributed by atoms with E-state index in [1.807, 2.05) is 0 Å². The Morgan fingerprint density at radius 1 is 1.47 bits per heavy atom. The van der Waals surface area contributed by atoms with Crippen molar-refractivity contribution in [3.05, 3.63) is 11.8 Å². The van der Waals surface area contributed by atoms with Crippen molar-refractivity contribution < 1.29 is 19.0 Å². The number of hydrogen-bond acceptors (Lipinski definition) is 5. The fraction of sp³-hybridized carbons (Fsp3) is 0.600. The van der Waals surface area contributed by atoms with Crippen LogP contribution >= 0.6 is 0 Å². The Bertz CT molecular complexity index is 374. The third-order valence-corrected chi connectivity index (χ3v) is 2.19. The van der Waals surface area contributed by atoms with Gasteiger partial charge < -0.3 is 19.5 Å². The molecule has 1 rings (SSSR count). The van der Waals surface area contributed by atoms with Crippen molar-refractivity contribution in [1.82, 2.24) is 15.1 Å². The number of ether oxygens (including phenoxy) is 3. The number of hydrogen-bond donors (Lipinski definition) is 1. The molecule has 1 heterocycles. The highest BCUT2D eigenvalue weighted by molar-refractivity contribution is 5.96. The van der Waals surface area contributed by atoms with E-state index in [0.717, 1.165) is 0 Å². The molecule has 0 fully saturated rings. The molecule has 0 aliphatic rings. The van der Waals surface area contributed by atoms with E-state index in [0.29, 0.717) is 5.56 Å². The summed E-state index contributed by atoms with van der Waals surface area (Å²) in [5.41, 5.74) is 0.376. The van der Waals surface area contributed by atoms with Crippen LogP contribution in [-0.4, -0.2) is 49.9 Å². The van der Waals surface area contributed by atoms with Crippen LogP contribution in [0.15, 0.2) is 6.20 Å². The molecule has 0 aliphatic heterocycles. The molecular formula is C10H17N3O4. The maximum atomic E-state index is 11.8. The predicted octanol–water partition coefficient (Wildman–Crippen LogP) is -0.223. The van der Waals surface area contributed by atoms with Gasteiger partial charge in [-0.2, -0.15) is 0 Å². The molecule has 0 atom stereocenters. The van der Waals surface area contributed by atoms with Gasteiger partial charge in [0.1, 0.15) is 5.56 Å². The van der Waals surface area contributed by atoms with Gasteiger partial charge in [0, 0.05) is 27.5 Å². The molecule has 17 heavy (non-hydrogen) atoms. The van der Waals surface area contributed by atoms with E-state index in [2.05, 4.69) is 10.4 Å². The molecule has 0 spiro atoms. The van der Waals surface area contributed by atoms with E-state index in [9.17, 15) is 4.79 Å². The first-order valence-electron chi connectivity index (χ1n) is 5.03. The summed E-state index contributed by atoms with van der Waals surface area (Å²) in [6.07, 6.45) is 1.12. The second kappa shape index (κ2) is 6.21. The van der Waals surface area contributed by atoms with Crippen molar-refractivity contribution in [2.45, 2.75) is 6.29 Å². The lowest BCUT2D eigenvalue weighted by molar-refractivity contribution is -0.0974. The van der Waals surface area contributed by atoms with Gasteiger partial charge in [-0.15, -0.1) is 5.10 Å². The van der Waals surface area contributed by atoms with Crippen LogP contribution in [0, 0.1) is 0 Å². The second-order valence-electron chi connectivity index (χ2n) is 3.34. The summed E-state index contributed by atoms with van der Waals surface area (Å²) in [4.78, 5) is 11.8. The van der Waals surface area contributed by atoms with Crippen LogP contribution in [-0.2, 0) is 16.5 Å². The summed E-state index contributed by atoms with van der Waals surface area (Å²) < 4.78 is 16.4. The van der Waals surface area contributed by atoms with E-state index in [1.54, 1.807) is 13.2 Å². The molecule has 1 N–H and O–H groups in total. The lowest BCUT2D eigenvalue weighted by Gasteiger charge is -2.13. The smallest absolute Gasteiger partial charge is 0.258 e. The molecular weight excluding hydrogens is 226 g/mol. The number of aromatic nitrogens is 2. The van der Waals surface area contributed by atoms with Gasteiger partial charge in [0.15, 0.2) is 6.29 Å². The zero-order valence-corrected chi connectivity index (χ0v) is 10.4. The summed E-state index contributed by atoms with van der Waals surface area (Å²) in [5.74, 6) is 0.00503. The van der Waals surface area contributed by atoms with E-state index in [-0.39, 0.29) is 18.3 Å². The average molecular weight is 243 g/mol. The highest BCUT2D eigenvalue weighted by atomic mass is 16.7. The maximum absolute atomic E-state index is 11.8. The molecule has 0 aliphatic carbocycles. The van der Waals surface area contributed by atoms with Gasteiger partial charge in [0.05, 0.1) is 13.7 Å². The van der Waals surface area contributed by atoms with Gasteiger partial charge >= 0.3 is 0 Å². The summed E-state index contributed by atoms with van der Waals surface area (Å²) >= 11 is 0. The number of carbonyl (C=O) groups excluding carboxylic acids is 1. The van der Waals surface area contributed by atoms with Crippen LogP contribution in [0.5, 0.6) is 5.88 Å². The van der Waals surface area contributed by atoms with E-state index >= 15 is 0 Å². The highest BCUT2D eigenvalue weighted by Gasteiger charge is 2.17. The summed E-state index contributed by atoms with van der Waals surface area (Å²) in [6.45, 7) is 0.254. The van der Waals surface area contributed by atoms with Crippen molar-refractivity contribution in [2.75, 3.05) is 27.9 Å². The highest BCUT2D eigenvalue weighted by Crippen LogP contribution is 2.14. The molecule has 1 amide bonds. The number of amides is 1. The number of carbonyl (C=O) groups is 1. The standard InChI is InChI=1S/C10H17N3O4/c1-13-6-7(10(12-13)17-4)9(14)11-5-8(15-2)16-3/h6,8H,5H2,1-4H3,(H,11,14). The van der Waals surface area contributed by atoms with Crippen LogP contribution in [0.25, 0.3) is 0 Å². The largest absolute Gasteiger partial charge is 0.479 e. The fourth-order valence-electron chi connectivity index (χ4n) is 1.31. The lowest BCUT2D eigenvalue weighted by atomic mass is 10.3. The molecule has 1 aromatic rings. The molecule has 96 valence electrons. The van der Waals surface area contributed by atoms with Crippen molar-refractivity contribution in [1.29, 1.82) is 0 Å². The van der Waals surface area contributed by atoms with Crippen LogP contribution in [0.1, 0.15) is 10.4 Å². The zero-order valence-electron chi connectivity index (χ0n) is 10.4. The molecule has 0 saturated carbocycles. The number of nitrogens with one attached hydrogen (secondary N) is 1. The Kier molecular flexibility index (Phi) is 4.92. The normalized spacial score (nSPS) is 10.6. The minimum atomic E-state index is -0.471. The summed E-state index contributed by atoms with van der Waals surface area (Å²) in [7, 11) is 6.19. The first-order valence-corrected chi connectivity index (χ1v) is 5.03. The van der Waals surface area contributed by atoms with Gasteiger partial charge in [0.25, 0.3) is 5.91 Å². The van der Waals surface area contributed by atoms with Gasteiger partial charge in [-0.05, 0) is 0 Å². The van der Waals surface area contributed by atoms with Gasteiger partial charge in [0.2, 0.25) is 5.88 Å². The Balaban J connectivity index is 2.63. The number of rotatable bonds is 6. The molecule has 0 unspecified atom stereocenters. The fourth-order valence-corrected chi connectivity index (χ4v) is 1.31. The minimum Gasteiger partial charge on any atom is -0.479 e. The van der Waals surface area contributed by atoms with Crippen LogP contribution in [0.3, 0.4) is 0 Å². The Hall–Kier alpha value is -1.60. The predicted molar refractivity (Wildman–Crippen MR) is 59.9 cm³/mol. The Labute approximate surface area is 99.6 Å². The van der Waals surface area contributed by atoms with Crippen molar-refractivity contribution in [3.8, 4) is 5.88 Å². The monoisotopic (exact) mass is 243 g/mol. The number of aryl methyl sites for hydroxylation is 1. The quantitative estimate of drug-likeness (QED) is 0.699. The maximum Gasteiger partial charge on any atom is 0.258 e. The average Bonchev–Trinajstić information content (AvgIpc) is 2.71. The van der Waals surface area contributed by atoms with Crippen molar-refractivity contribution >= 4 is 5.91 Å². The van der Waals surface area contributed by atoms with Crippen molar-refractivity contribution in [3.63, 3.8) is 0 Å². The minimum absolute atomic E-state index is 0.254. The first-order chi connectivity index (χ1) is 8.12. The Morgan fingerprint density at radius 2 is 2.12 bits per heavy atom. The molecule has 0 saturated heterocycles. The second-order valence-corrected chi connectivity index (χ2v) is 3.34. The van der Waals surface area contributed by atoms with Crippen molar-refractivity contribution in [2.24, 2.45) is 7.05 Å². The van der Waals surface area contributed by atoms with Crippen LogP contribution in [0.2, 0.25) is 0 Å². The number of nitrogens with zero attached hydrogens (tertiary/aromatic N) is 2. The molecule has 0 bridgehead atoms.